The van der Waals surface area contributed by atoms with Gasteiger partial charge in [0.15, 0.2) is 0 Å². The molecule has 148 valence electrons. The van der Waals surface area contributed by atoms with Crippen LogP contribution >= 0.6 is 24.0 Å². The lowest BCUT2D eigenvalue weighted by molar-refractivity contribution is -0.122. The van der Waals surface area contributed by atoms with Gasteiger partial charge >= 0.3 is 5.97 Å². The van der Waals surface area contributed by atoms with Gasteiger partial charge in [0.05, 0.1) is 4.91 Å². The van der Waals surface area contributed by atoms with E-state index in [1.807, 2.05) is 30.3 Å². The highest BCUT2D eigenvalue weighted by atomic mass is 32.2. The van der Waals surface area contributed by atoms with Crippen LogP contribution in [0.2, 0.25) is 0 Å². The number of carboxylic acids is 1. The van der Waals surface area contributed by atoms with E-state index in [9.17, 15) is 19.5 Å². The average Bonchev–Trinajstić information content (AvgIpc) is 2.93. The summed E-state index contributed by atoms with van der Waals surface area (Å²) < 4.78 is 0.383. The first kappa shape index (κ1) is 20.6. The molecule has 29 heavy (non-hydrogen) atoms. The van der Waals surface area contributed by atoms with Crippen LogP contribution in [0, 0.1) is 0 Å². The zero-order valence-corrected chi connectivity index (χ0v) is 16.6. The number of nitrogens with one attached hydrogen (secondary N) is 1. The van der Waals surface area contributed by atoms with Crippen molar-refractivity contribution in [2.75, 3.05) is 11.9 Å². The van der Waals surface area contributed by atoms with E-state index in [0.717, 1.165) is 11.6 Å². The predicted molar refractivity (Wildman–Crippen MR) is 115 cm³/mol. The number of aromatic carboxylic acids is 1. The van der Waals surface area contributed by atoms with Crippen molar-refractivity contribution < 1.29 is 24.6 Å². The van der Waals surface area contributed by atoms with E-state index in [-0.39, 0.29) is 30.1 Å². The maximum atomic E-state index is 12.6. The fourth-order valence-electron chi connectivity index (χ4n) is 2.62. The first-order valence-electron chi connectivity index (χ1n) is 8.52. The molecule has 1 aliphatic rings. The van der Waals surface area contributed by atoms with Crippen LogP contribution in [0.4, 0.5) is 5.69 Å². The van der Waals surface area contributed by atoms with Crippen LogP contribution in [-0.4, -0.2) is 43.8 Å². The van der Waals surface area contributed by atoms with Crippen LogP contribution in [0.15, 0.2) is 53.4 Å². The number of thioether (sulfide) groups is 1. The van der Waals surface area contributed by atoms with E-state index in [1.165, 1.54) is 28.8 Å². The molecule has 0 bridgehead atoms. The van der Waals surface area contributed by atoms with Gasteiger partial charge in [0.2, 0.25) is 5.91 Å². The lowest BCUT2D eigenvalue weighted by Crippen LogP contribution is -2.31. The van der Waals surface area contributed by atoms with Crippen LogP contribution in [0.3, 0.4) is 0 Å². The van der Waals surface area contributed by atoms with Gasteiger partial charge in [-0.1, -0.05) is 54.3 Å². The van der Waals surface area contributed by atoms with Crippen molar-refractivity contribution in [2.45, 2.75) is 6.42 Å². The van der Waals surface area contributed by atoms with Gasteiger partial charge < -0.3 is 15.5 Å². The molecule has 0 aromatic heterocycles. The van der Waals surface area contributed by atoms with Crippen LogP contribution < -0.4 is 5.32 Å². The molecule has 7 nitrogen and oxygen atoms in total. The Kier molecular flexibility index (Phi) is 6.30. The fourth-order valence-corrected chi connectivity index (χ4v) is 3.93. The number of phenols is 1. The number of amides is 2. The standard InChI is InChI=1S/C20H16N2O5S2/c23-15-11-13(6-7-14(15)19(26)27)21-17(24)8-9-22-18(25)16(29-20(22)28)10-12-4-2-1-3-5-12/h1-7,10-11,23H,8-9H2,(H,21,24)(H,26,27)/b16-10+. The Bertz CT molecular complexity index is 1020. The van der Waals surface area contributed by atoms with Crippen molar-refractivity contribution in [3.63, 3.8) is 0 Å². The van der Waals surface area contributed by atoms with Gasteiger partial charge in [-0.25, -0.2) is 4.79 Å². The summed E-state index contributed by atoms with van der Waals surface area (Å²) >= 11 is 6.44. The number of nitrogens with zero attached hydrogens (tertiary/aromatic N) is 1. The minimum Gasteiger partial charge on any atom is -0.507 e. The number of rotatable bonds is 6. The molecule has 1 aliphatic heterocycles. The Morgan fingerprint density at radius 1 is 1.17 bits per heavy atom. The number of anilines is 1. The SMILES string of the molecule is O=C(CCN1C(=O)/C(=C\c2ccccc2)SC1=S)Nc1ccc(C(=O)O)c(O)c1. The van der Waals surface area contributed by atoms with Crippen LogP contribution in [0.5, 0.6) is 5.75 Å². The summed E-state index contributed by atoms with van der Waals surface area (Å²) in [6, 6.07) is 13.1. The number of carboxylic acid groups (broad SMARTS) is 1. The van der Waals surface area contributed by atoms with Crippen molar-refractivity contribution >= 4 is 57.8 Å². The van der Waals surface area contributed by atoms with Gasteiger partial charge in [-0.2, -0.15) is 0 Å². The fraction of sp³-hybridized carbons (Fsp3) is 0.100. The summed E-state index contributed by atoms with van der Waals surface area (Å²) in [5.74, 6) is -2.36. The molecule has 3 N–H and O–H groups in total. The van der Waals surface area contributed by atoms with Gasteiger partial charge in [-0.15, -0.1) is 0 Å². The van der Waals surface area contributed by atoms with E-state index in [4.69, 9.17) is 17.3 Å². The van der Waals surface area contributed by atoms with Crippen molar-refractivity contribution in [2.24, 2.45) is 0 Å². The highest BCUT2D eigenvalue weighted by molar-refractivity contribution is 8.26. The van der Waals surface area contributed by atoms with Crippen molar-refractivity contribution in [1.29, 1.82) is 0 Å². The monoisotopic (exact) mass is 428 g/mol. The van der Waals surface area contributed by atoms with Gasteiger partial charge in [0, 0.05) is 24.7 Å². The Morgan fingerprint density at radius 2 is 1.90 bits per heavy atom. The van der Waals surface area contributed by atoms with Gasteiger partial charge in [-0.3, -0.25) is 14.5 Å². The molecule has 0 saturated carbocycles. The summed E-state index contributed by atoms with van der Waals surface area (Å²) in [6.45, 7) is 0.113. The zero-order chi connectivity index (χ0) is 21.0. The summed E-state index contributed by atoms with van der Waals surface area (Å²) in [5, 5.41) is 21.1. The highest BCUT2D eigenvalue weighted by Gasteiger charge is 2.32. The molecule has 2 amide bonds. The molecule has 0 unspecified atom stereocenters. The molecule has 3 rings (SSSR count). The van der Waals surface area contributed by atoms with E-state index in [1.54, 1.807) is 6.08 Å². The summed E-state index contributed by atoms with van der Waals surface area (Å²) in [6.07, 6.45) is 1.75. The van der Waals surface area contributed by atoms with E-state index in [2.05, 4.69) is 5.32 Å². The third kappa shape index (κ3) is 5.01. The second kappa shape index (κ2) is 8.89. The lowest BCUT2D eigenvalue weighted by Gasteiger charge is -2.14. The Morgan fingerprint density at radius 3 is 2.55 bits per heavy atom. The van der Waals surface area contributed by atoms with E-state index >= 15 is 0 Å². The summed E-state index contributed by atoms with van der Waals surface area (Å²) in [4.78, 5) is 37.5. The average molecular weight is 428 g/mol. The van der Waals surface area contributed by atoms with Crippen molar-refractivity contribution in [3.8, 4) is 5.75 Å². The number of hydrogen-bond donors (Lipinski definition) is 3. The lowest BCUT2D eigenvalue weighted by atomic mass is 10.2. The quantitative estimate of drug-likeness (QED) is 0.479. The zero-order valence-electron chi connectivity index (χ0n) is 15.0. The topological polar surface area (TPSA) is 107 Å². The van der Waals surface area contributed by atoms with E-state index < -0.39 is 17.6 Å². The highest BCUT2D eigenvalue weighted by Crippen LogP contribution is 2.32. The minimum atomic E-state index is -1.27. The number of hydrogen-bond acceptors (Lipinski definition) is 6. The predicted octanol–water partition coefficient (Wildman–Crippen LogP) is 3.32. The second-order valence-electron chi connectivity index (χ2n) is 6.08. The molecule has 1 fully saturated rings. The number of thiocarbonyl (C=S) groups is 1. The van der Waals surface area contributed by atoms with Crippen molar-refractivity contribution in [1.82, 2.24) is 4.90 Å². The first-order valence-corrected chi connectivity index (χ1v) is 9.74. The molecule has 2 aromatic carbocycles. The van der Waals surface area contributed by atoms with Crippen LogP contribution in [0.1, 0.15) is 22.3 Å². The van der Waals surface area contributed by atoms with Crippen molar-refractivity contribution in [3.05, 3.63) is 64.6 Å². The molecular formula is C20H16N2O5S2. The minimum absolute atomic E-state index is 0.00744. The molecule has 0 aliphatic carbocycles. The smallest absolute Gasteiger partial charge is 0.339 e. The van der Waals surface area contributed by atoms with Gasteiger partial charge in [0.25, 0.3) is 5.91 Å². The molecule has 0 atom stereocenters. The Labute approximate surface area is 176 Å². The molecule has 1 heterocycles. The normalized spacial score (nSPS) is 15.0. The van der Waals surface area contributed by atoms with Gasteiger partial charge in [0.1, 0.15) is 15.6 Å². The number of benzene rings is 2. The summed E-state index contributed by atoms with van der Waals surface area (Å²) in [7, 11) is 0. The first-order chi connectivity index (χ1) is 13.8. The molecule has 9 heteroatoms. The molecule has 2 aromatic rings. The Balaban J connectivity index is 1.59. The van der Waals surface area contributed by atoms with Crippen LogP contribution in [0.25, 0.3) is 6.08 Å². The molecule has 0 spiro atoms. The van der Waals surface area contributed by atoms with E-state index in [0.29, 0.717) is 9.23 Å². The number of carbonyl (C=O) groups is 3. The molecular weight excluding hydrogens is 412 g/mol. The Hall–Kier alpha value is -3.17. The third-order valence-electron chi connectivity index (χ3n) is 4.05. The molecule has 1 saturated heterocycles. The largest absolute Gasteiger partial charge is 0.507 e. The maximum absolute atomic E-state index is 12.6. The van der Waals surface area contributed by atoms with Crippen LogP contribution in [-0.2, 0) is 9.59 Å². The van der Waals surface area contributed by atoms with Gasteiger partial charge in [-0.05, 0) is 23.8 Å². The number of carbonyl (C=O) groups excluding carboxylic acids is 2. The third-order valence-corrected chi connectivity index (χ3v) is 5.42. The maximum Gasteiger partial charge on any atom is 0.339 e. The summed E-state index contributed by atoms with van der Waals surface area (Å²) in [5.41, 5.74) is 0.882. The molecule has 0 radical (unpaired) electrons. The second-order valence-corrected chi connectivity index (χ2v) is 7.76. The number of aromatic hydroxyl groups is 1.